The highest BCUT2D eigenvalue weighted by Gasteiger charge is 2.08. The molecule has 0 aliphatic heterocycles. The van der Waals surface area contributed by atoms with E-state index in [0.717, 1.165) is 12.8 Å². The van der Waals surface area contributed by atoms with Crippen molar-refractivity contribution in [1.29, 1.82) is 0 Å². The number of anilines is 2. The summed E-state index contributed by atoms with van der Waals surface area (Å²) in [4.78, 5) is 5.22. The number of nitrogens with zero attached hydrogens (tertiary/aromatic N) is 2. The Morgan fingerprint density at radius 3 is 0.895 bits per heavy atom. The maximum absolute atomic E-state index is 2.61. The predicted octanol–water partition coefficient (Wildman–Crippen LogP) is 10.7. The van der Waals surface area contributed by atoms with Crippen LogP contribution in [-0.2, 0) is 12.8 Å². The molecule has 0 heterocycles. The molecule has 0 aromatic heterocycles. The molecule has 0 N–H and O–H groups in total. The van der Waals surface area contributed by atoms with E-state index in [0.29, 0.717) is 0 Å². The topological polar surface area (TPSA) is 6.48 Å². The summed E-state index contributed by atoms with van der Waals surface area (Å²) in [5, 5.41) is 0. The van der Waals surface area contributed by atoms with E-state index >= 15 is 0 Å². The third-order valence-corrected chi connectivity index (χ3v) is 7.43. The van der Waals surface area contributed by atoms with Crippen molar-refractivity contribution in [2.24, 2.45) is 0 Å². The van der Waals surface area contributed by atoms with E-state index in [1.807, 2.05) is 0 Å². The lowest BCUT2D eigenvalue weighted by atomic mass is 10.0. The number of benzene rings is 2. The Labute approximate surface area is 248 Å². The number of hydrogen-bond donors (Lipinski definition) is 0. The Kier molecular flexibility index (Phi) is 22.6. The fraction of sp³-hybridized carbons (Fsp3) is 0.647. The lowest BCUT2D eigenvalue weighted by Crippen LogP contribution is -2.25. The van der Waals surface area contributed by atoms with Gasteiger partial charge in [-0.25, -0.2) is 0 Å². The van der Waals surface area contributed by atoms with E-state index in [-0.39, 0.29) is 24.8 Å². The van der Waals surface area contributed by atoms with Gasteiger partial charge >= 0.3 is 0 Å². The third kappa shape index (κ3) is 14.7. The average molecular weight is 566 g/mol. The summed E-state index contributed by atoms with van der Waals surface area (Å²) in [6.45, 7) is 13.9. The Bertz CT molecular complexity index is 689. The van der Waals surface area contributed by atoms with Crippen LogP contribution in [0.2, 0.25) is 0 Å². The van der Waals surface area contributed by atoms with Gasteiger partial charge in [-0.05, 0) is 73.9 Å². The fourth-order valence-electron chi connectivity index (χ4n) is 4.99. The number of hydrogen-bond acceptors (Lipinski definition) is 2. The Hall–Kier alpha value is -1.38. The molecule has 0 spiro atoms. The molecule has 0 bridgehead atoms. The van der Waals surface area contributed by atoms with Crippen LogP contribution in [0, 0.1) is 0 Å². The minimum atomic E-state index is 0. The Balaban J connectivity index is 0.00000684. The monoisotopic (exact) mass is 564 g/mol. The van der Waals surface area contributed by atoms with Crippen LogP contribution in [0.25, 0.3) is 0 Å². The van der Waals surface area contributed by atoms with E-state index in [2.05, 4.69) is 86.0 Å². The van der Waals surface area contributed by atoms with E-state index in [1.54, 1.807) is 0 Å². The molecule has 2 rings (SSSR count). The molecular weight excluding hydrogens is 507 g/mol. The van der Waals surface area contributed by atoms with Crippen molar-refractivity contribution in [3.8, 4) is 0 Å². The molecule has 0 radical (unpaired) electrons. The Morgan fingerprint density at radius 2 is 0.658 bits per heavy atom. The molecule has 0 saturated heterocycles. The summed E-state index contributed by atoms with van der Waals surface area (Å²) in [5.41, 5.74) is 5.71. The van der Waals surface area contributed by atoms with Gasteiger partial charge in [-0.2, -0.15) is 0 Å². The highest BCUT2D eigenvalue weighted by molar-refractivity contribution is 5.85. The smallest absolute Gasteiger partial charge is 0.0366 e. The van der Waals surface area contributed by atoms with Crippen molar-refractivity contribution < 1.29 is 0 Å². The van der Waals surface area contributed by atoms with Gasteiger partial charge in [-0.3, -0.25) is 0 Å². The molecule has 2 aromatic carbocycles. The molecule has 0 unspecified atom stereocenters. The maximum atomic E-state index is 2.61. The normalized spacial score (nSPS) is 10.5. The SMILES string of the molecule is CCCCCN(CCCCC)c1ccc(CCc2ccc(N(CCCCC)CCCCC)cc2)cc1.Cl.Cl. The number of halogens is 2. The standard InChI is InChI=1S/C34H56N2.2ClH/c1-5-9-13-27-35(28-14-10-6-2)33-23-19-31(20-24-33)17-18-32-21-25-34(26-22-32)36(29-15-11-7-3)30-16-12-8-4;;/h19-26H,5-18,27-30H2,1-4H3;2*1H. The van der Waals surface area contributed by atoms with E-state index < -0.39 is 0 Å². The van der Waals surface area contributed by atoms with Crippen molar-refractivity contribution in [3.63, 3.8) is 0 Å². The number of aryl methyl sites for hydroxylation is 2. The van der Waals surface area contributed by atoms with Crippen LogP contribution in [0.15, 0.2) is 48.5 Å². The van der Waals surface area contributed by atoms with E-state index in [4.69, 9.17) is 0 Å². The van der Waals surface area contributed by atoms with Crippen LogP contribution in [0.4, 0.5) is 11.4 Å². The first kappa shape index (κ1) is 36.6. The van der Waals surface area contributed by atoms with Gasteiger partial charge in [0.05, 0.1) is 0 Å². The fourth-order valence-corrected chi connectivity index (χ4v) is 4.99. The zero-order valence-electron chi connectivity index (χ0n) is 25.1. The molecule has 4 heteroatoms. The van der Waals surface area contributed by atoms with Gasteiger partial charge in [0.25, 0.3) is 0 Å². The summed E-state index contributed by atoms with van der Waals surface area (Å²) in [5.74, 6) is 0. The van der Waals surface area contributed by atoms with Gasteiger partial charge in [-0.1, -0.05) is 103 Å². The van der Waals surface area contributed by atoms with Gasteiger partial charge in [0.1, 0.15) is 0 Å². The van der Waals surface area contributed by atoms with Crippen LogP contribution in [0.5, 0.6) is 0 Å². The van der Waals surface area contributed by atoms with Crippen LogP contribution in [-0.4, -0.2) is 26.2 Å². The molecular formula is C34H58Cl2N2. The molecule has 2 aromatic rings. The van der Waals surface area contributed by atoms with Crippen LogP contribution >= 0.6 is 24.8 Å². The minimum Gasteiger partial charge on any atom is -0.372 e. The first-order chi connectivity index (χ1) is 17.7. The van der Waals surface area contributed by atoms with Gasteiger partial charge in [0, 0.05) is 37.6 Å². The highest BCUT2D eigenvalue weighted by Crippen LogP contribution is 2.21. The van der Waals surface area contributed by atoms with Crippen molar-refractivity contribution in [1.82, 2.24) is 0 Å². The summed E-state index contributed by atoms with van der Waals surface area (Å²) in [7, 11) is 0. The minimum absolute atomic E-state index is 0. The van der Waals surface area contributed by atoms with Crippen molar-refractivity contribution in [3.05, 3.63) is 59.7 Å². The lowest BCUT2D eigenvalue weighted by molar-refractivity contribution is 0.636. The molecule has 218 valence electrons. The van der Waals surface area contributed by atoms with Crippen molar-refractivity contribution in [2.75, 3.05) is 36.0 Å². The first-order valence-corrected chi connectivity index (χ1v) is 15.4. The highest BCUT2D eigenvalue weighted by atomic mass is 35.5. The van der Waals surface area contributed by atoms with Crippen molar-refractivity contribution in [2.45, 2.75) is 118 Å². The quantitative estimate of drug-likeness (QED) is 0.139. The Morgan fingerprint density at radius 1 is 0.395 bits per heavy atom. The molecule has 38 heavy (non-hydrogen) atoms. The second kappa shape index (κ2) is 23.5. The van der Waals surface area contributed by atoms with Gasteiger partial charge in [-0.15, -0.1) is 24.8 Å². The van der Waals surface area contributed by atoms with E-state index in [1.165, 1.54) is 126 Å². The summed E-state index contributed by atoms with van der Waals surface area (Å²) >= 11 is 0. The largest absolute Gasteiger partial charge is 0.372 e. The van der Waals surface area contributed by atoms with Gasteiger partial charge in [0.2, 0.25) is 0 Å². The summed E-state index contributed by atoms with van der Waals surface area (Å²) in [6, 6.07) is 18.9. The lowest BCUT2D eigenvalue weighted by Gasteiger charge is -2.25. The van der Waals surface area contributed by atoms with Crippen molar-refractivity contribution >= 4 is 36.2 Å². The zero-order valence-corrected chi connectivity index (χ0v) is 26.7. The molecule has 0 atom stereocenters. The summed E-state index contributed by atoms with van der Waals surface area (Å²) < 4.78 is 0. The molecule has 0 aliphatic carbocycles. The second-order valence-corrected chi connectivity index (χ2v) is 10.6. The second-order valence-electron chi connectivity index (χ2n) is 10.6. The molecule has 0 fully saturated rings. The third-order valence-electron chi connectivity index (χ3n) is 7.43. The summed E-state index contributed by atoms with van der Waals surface area (Å²) in [6.07, 6.45) is 17.9. The predicted molar refractivity (Wildman–Crippen MR) is 177 cm³/mol. The molecule has 0 amide bonds. The molecule has 0 saturated carbocycles. The van der Waals surface area contributed by atoms with Crippen LogP contribution < -0.4 is 9.80 Å². The van der Waals surface area contributed by atoms with Gasteiger partial charge in [0.15, 0.2) is 0 Å². The molecule has 0 aliphatic rings. The molecule has 2 nitrogen and oxygen atoms in total. The van der Waals surface area contributed by atoms with Crippen LogP contribution in [0.1, 0.15) is 116 Å². The van der Waals surface area contributed by atoms with E-state index in [9.17, 15) is 0 Å². The number of rotatable bonds is 21. The van der Waals surface area contributed by atoms with Crippen LogP contribution in [0.3, 0.4) is 0 Å². The average Bonchev–Trinajstić information content (AvgIpc) is 2.91. The first-order valence-electron chi connectivity index (χ1n) is 15.4. The zero-order chi connectivity index (χ0) is 25.8. The maximum Gasteiger partial charge on any atom is 0.0366 e. The number of unbranched alkanes of at least 4 members (excludes halogenated alkanes) is 8. The van der Waals surface area contributed by atoms with Gasteiger partial charge < -0.3 is 9.80 Å².